The second kappa shape index (κ2) is 7.80. The molecular weight excluding hydrogens is 356 g/mol. The Balaban J connectivity index is 1.37. The number of aromatic nitrogens is 3. The average molecular weight is 378 g/mol. The van der Waals surface area contributed by atoms with Crippen LogP contribution in [0.5, 0.6) is 0 Å². The summed E-state index contributed by atoms with van der Waals surface area (Å²) in [4.78, 5) is 26.9. The molecule has 1 aromatic carbocycles. The van der Waals surface area contributed by atoms with Gasteiger partial charge in [0.2, 0.25) is 5.91 Å². The molecule has 1 amide bonds. The van der Waals surface area contributed by atoms with Crippen molar-refractivity contribution in [3.63, 3.8) is 0 Å². The van der Waals surface area contributed by atoms with E-state index in [-0.39, 0.29) is 31.0 Å². The third-order valence-electron chi connectivity index (χ3n) is 4.92. The van der Waals surface area contributed by atoms with Gasteiger partial charge in [0.1, 0.15) is 11.6 Å². The summed E-state index contributed by atoms with van der Waals surface area (Å²) in [5.41, 5.74) is 2.67. The molecule has 28 heavy (non-hydrogen) atoms. The van der Waals surface area contributed by atoms with Crippen molar-refractivity contribution in [2.45, 2.75) is 39.2 Å². The Hall–Kier alpha value is -3.22. The Labute approximate surface area is 162 Å². The van der Waals surface area contributed by atoms with E-state index < -0.39 is 0 Å². The van der Waals surface area contributed by atoms with E-state index >= 15 is 0 Å². The van der Waals surface area contributed by atoms with Crippen molar-refractivity contribution in [1.82, 2.24) is 14.9 Å². The standard InChI is InChI=1S/C21H22N4O3/c1-15-12-20-24(10-5-11-25(20)23-15)21(27)9-8-17(26)13-19-18(14-22-28-19)16-6-3-2-4-7-16/h2-4,6-7,12,14H,5,8-11,13H2,1H3. The minimum Gasteiger partial charge on any atom is -0.360 e. The van der Waals surface area contributed by atoms with Crippen LogP contribution in [-0.2, 0) is 22.6 Å². The van der Waals surface area contributed by atoms with Gasteiger partial charge in [-0.05, 0) is 18.9 Å². The van der Waals surface area contributed by atoms with Gasteiger partial charge in [-0.15, -0.1) is 0 Å². The number of carbonyl (C=O) groups is 2. The third kappa shape index (κ3) is 3.74. The maximum atomic E-state index is 12.7. The number of benzene rings is 1. The highest BCUT2D eigenvalue weighted by atomic mass is 16.5. The first kappa shape index (κ1) is 18.2. The average Bonchev–Trinajstić information content (AvgIpc) is 3.31. The zero-order valence-electron chi connectivity index (χ0n) is 15.8. The molecule has 4 rings (SSSR count). The SMILES string of the molecule is Cc1cc2n(n1)CCCN2C(=O)CCC(=O)Cc1oncc1-c1ccccc1. The second-order valence-corrected chi connectivity index (χ2v) is 7.01. The number of fused-ring (bicyclic) bond motifs is 1. The van der Waals surface area contributed by atoms with Gasteiger partial charge >= 0.3 is 0 Å². The molecule has 144 valence electrons. The minimum absolute atomic E-state index is 0.0380. The largest absolute Gasteiger partial charge is 0.360 e. The van der Waals surface area contributed by atoms with Crippen LogP contribution in [0.1, 0.15) is 30.7 Å². The van der Waals surface area contributed by atoms with Crippen LogP contribution in [0, 0.1) is 6.92 Å². The zero-order valence-corrected chi connectivity index (χ0v) is 15.8. The smallest absolute Gasteiger partial charge is 0.228 e. The van der Waals surface area contributed by atoms with Crippen LogP contribution in [0.15, 0.2) is 47.1 Å². The highest BCUT2D eigenvalue weighted by Crippen LogP contribution is 2.25. The first-order valence-corrected chi connectivity index (χ1v) is 9.47. The van der Waals surface area contributed by atoms with E-state index in [9.17, 15) is 9.59 Å². The van der Waals surface area contributed by atoms with E-state index in [0.717, 1.165) is 35.6 Å². The second-order valence-electron chi connectivity index (χ2n) is 7.01. The van der Waals surface area contributed by atoms with Crippen LogP contribution in [0.2, 0.25) is 0 Å². The number of nitrogens with zero attached hydrogens (tertiary/aromatic N) is 4. The summed E-state index contributed by atoms with van der Waals surface area (Å²) in [6.07, 6.45) is 2.98. The molecule has 0 atom stereocenters. The number of Topliss-reactive ketones (excluding diaryl/α,β-unsaturated/α-hetero) is 1. The number of carbonyl (C=O) groups excluding carboxylic acids is 2. The highest BCUT2D eigenvalue weighted by Gasteiger charge is 2.24. The van der Waals surface area contributed by atoms with Gasteiger partial charge in [0, 0.05) is 37.6 Å². The van der Waals surface area contributed by atoms with E-state index in [2.05, 4.69) is 10.3 Å². The Bertz CT molecular complexity index is 990. The molecule has 1 aliphatic heterocycles. The molecule has 0 saturated carbocycles. The molecule has 0 bridgehead atoms. The first-order valence-electron chi connectivity index (χ1n) is 9.47. The lowest BCUT2D eigenvalue weighted by Gasteiger charge is -2.27. The summed E-state index contributed by atoms with van der Waals surface area (Å²) in [6.45, 7) is 3.40. The van der Waals surface area contributed by atoms with Gasteiger partial charge < -0.3 is 4.52 Å². The fourth-order valence-corrected chi connectivity index (χ4v) is 3.55. The number of aryl methyl sites for hydroxylation is 2. The summed E-state index contributed by atoms with van der Waals surface area (Å²) < 4.78 is 7.14. The molecule has 0 aliphatic carbocycles. The molecule has 3 heterocycles. The Kier molecular flexibility index (Phi) is 5.06. The van der Waals surface area contributed by atoms with Crippen molar-refractivity contribution in [3.8, 4) is 11.1 Å². The topological polar surface area (TPSA) is 81.2 Å². The van der Waals surface area contributed by atoms with Crippen molar-refractivity contribution in [2.75, 3.05) is 11.4 Å². The lowest BCUT2D eigenvalue weighted by atomic mass is 10.0. The molecule has 0 N–H and O–H groups in total. The minimum atomic E-state index is -0.0462. The van der Waals surface area contributed by atoms with Crippen LogP contribution in [0.3, 0.4) is 0 Å². The lowest BCUT2D eigenvalue weighted by molar-refractivity contribution is -0.124. The van der Waals surface area contributed by atoms with Crippen LogP contribution >= 0.6 is 0 Å². The molecule has 2 aromatic heterocycles. The first-order chi connectivity index (χ1) is 13.6. The number of hydrogen-bond acceptors (Lipinski definition) is 5. The summed E-state index contributed by atoms with van der Waals surface area (Å²) >= 11 is 0. The van der Waals surface area contributed by atoms with Gasteiger partial charge in [-0.1, -0.05) is 35.5 Å². The molecule has 0 unspecified atom stereocenters. The summed E-state index contributed by atoms with van der Waals surface area (Å²) in [6, 6.07) is 11.6. The van der Waals surface area contributed by atoms with Crippen LogP contribution < -0.4 is 4.90 Å². The summed E-state index contributed by atoms with van der Waals surface area (Å²) in [5, 5.41) is 8.24. The molecule has 0 spiro atoms. The van der Waals surface area contributed by atoms with E-state index in [1.165, 1.54) is 0 Å². The summed E-state index contributed by atoms with van der Waals surface area (Å²) in [7, 11) is 0. The van der Waals surface area contributed by atoms with Crippen LogP contribution in [0.4, 0.5) is 5.82 Å². The van der Waals surface area contributed by atoms with Gasteiger partial charge in [0.15, 0.2) is 5.76 Å². The Morgan fingerprint density at radius 3 is 2.79 bits per heavy atom. The van der Waals surface area contributed by atoms with Gasteiger partial charge in [-0.3, -0.25) is 14.5 Å². The molecule has 7 heteroatoms. The third-order valence-corrected chi connectivity index (χ3v) is 4.92. The molecule has 7 nitrogen and oxygen atoms in total. The van der Waals surface area contributed by atoms with Crippen molar-refractivity contribution < 1.29 is 14.1 Å². The summed E-state index contributed by atoms with van der Waals surface area (Å²) in [5.74, 6) is 1.28. The lowest BCUT2D eigenvalue weighted by Crippen LogP contribution is -2.37. The number of anilines is 1. The van der Waals surface area contributed by atoms with E-state index in [1.54, 1.807) is 11.1 Å². The molecule has 3 aromatic rings. The fourth-order valence-electron chi connectivity index (χ4n) is 3.55. The zero-order chi connectivity index (χ0) is 19.5. The van der Waals surface area contributed by atoms with E-state index in [1.807, 2.05) is 48.0 Å². The number of amides is 1. The molecule has 0 radical (unpaired) electrons. The predicted octanol–water partition coefficient (Wildman–Crippen LogP) is 3.18. The number of rotatable bonds is 6. The quantitative estimate of drug-likeness (QED) is 0.658. The van der Waals surface area contributed by atoms with Gasteiger partial charge in [-0.25, -0.2) is 4.68 Å². The van der Waals surface area contributed by atoms with Crippen molar-refractivity contribution in [2.24, 2.45) is 0 Å². The van der Waals surface area contributed by atoms with Crippen molar-refractivity contribution in [1.29, 1.82) is 0 Å². The monoisotopic (exact) mass is 378 g/mol. The Morgan fingerprint density at radius 1 is 1.14 bits per heavy atom. The maximum absolute atomic E-state index is 12.7. The number of ketones is 1. The van der Waals surface area contributed by atoms with Gasteiger partial charge in [0.05, 0.1) is 18.3 Å². The van der Waals surface area contributed by atoms with E-state index in [0.29, 0.717) is 12.3 Å². The maximum Gasteiger partial charge on any atom is 0.228 e. The van der Waals surface area contributed by atoms with Gasteiger partial charge in [0.25, 0.3) is 0 Å². The molecule has 0 fully saturated rings. The fraction of sp³-hybridized carbons (Fsp3) is 0.333. The van der Waals surface area contributed by atoms with Crippen molar-refractivity contribution in [3.05, 3.63) is 54.0 Å². The molecule has 0 saturated heterocycles. The normalized spacial score (nSPS) is 13.4. The van der Waals surface area contributed by atoms with Gasteiger partial charge in [-0.2, -0.15) is 5.10 Å². The highest BCUT2D eigenvalue weighted by molar-refractivity contribution is 5.95. The Morgan fingerprint density at radius 2 is 1.96 bits per heavy atom. The van der Waals surface area contributed by atoms with Crippen LogP contribution in [0.25, 0.3) is 11.1 Å². The van der Waals surface area contributed by atoms with Crippen LogP contribution in [-0.4, -0.2) is 33.2 Å². The molecular formula is C21H22N4O3. The predicted molar refractivity (Wildman–Crippen MR) is 104 cm³/mol. The van der Waals surface area contributed by atoms with E-state index in [4.69, 9.17) is 4.52 Å². The molecule has 1 aliphatic rings. The van der Waals surface area contributed by atoms with Crippen molar-refractivity contribution >= 4 is 17.5 Å². The number of hydrogen-bond donors (Lipinski definition) is 0.